The Bertz CT molecular complexity index is 365. The summed E-state index contributed by atoms with van der Waals surface area (Å²) in [7, 11) is 1.45. The van der Waals surface area contributed by atoms with Gasteiger partial charge in [0.1, 0.15) is 5.54 Å². The molecule has 4 N–H and O–H groups in total. The van der Waals surface area contributed by atoms with Crippen molar-refractivity contribution < 1.29 is 20.1 Å². The van der Waals surface area contributed by atoms with E-state index in [9.17, 15) is 0 Å². The van der Waals surface area contributed by atoms with E-state index in [4.69, 9.17) is 20.1 Å². The van der Waals surface area contributed by atoms with Gasteiger partial charge in [-0.3, -0.25) is 0 Å². The van der Waals surface area contributed by atoms with Crippen LogP contribution in [0.15, 0.2) is 10.7 Å². The third-order valence-electron chi connectivity index (χ3n) is 2.19. The number of aliphatic hydroxyl groups excluding tert-OH is 3. The van der Waals surface area contributed by atoms with Gasteiger partial charge in [-0.2, -0.15) is 4.98 Å². The normalized spacial score (nSPS) is 11.4. The van der Waals surface area contributed by atoms with Crippen LogP contribution in [0, 0.1) is 0 Å². The summed E-state index contributed by atoms with van der Waals surface area (Å²) in [6.07, 6.45) is 1.46. The Labute approximate surface area is 107 Å². The molecule has 1 aromatic heterocycles. The van der Waals surface area contributed by atoms with Gasteiger partial charge in [0.2, 0.25) is 11.8 Å². The fourth-order valence-corrected chi connectivity index (χ4v) is 1.41. The molecule has 0 bridgehead atoms. The van der Waals surface area contributed by atoms with Crippen LogP contribution in [0.5, 0.6) is 5.88 Å². The SMILES string of the molecule is COc1nc(NC(CO)(CO)CO)ncc1Br. The lowest BCUT2D eigenvalue weighted by atomic mass is 10.0. The number of hydrogen-bond donors (Lipinski definition) is 4. The molecule has 7 nitrogen and oxygen atoms in total. The molecular weight excluding hydrogens is 294 g/mol. The second-order valence-electron chi connectivity index (χ2n) is 3.43. The van der Waals surface area contributed by atoms with E-state index < -0.39 is 25.4 Å². The van der Waals surface area contributed by atoms with Crippen LogP contribution in [0.1, 0.15) is 0 Å². The molecular formula is C9H14BrN3O4. The molecule has 17 heavy (non-hydrogen) atoms. The van der Waals surface area contributed by atoms with E-state index in [1.807, 2.05) is 0 Å². The van der Waals surface area contributed by atoms with Crippen molar-refractivity contribution in [3.63, 3.8) is 0 Å². The predicted octanol–water partition coefficient (Wildman–Crippen LogP) is -0.625. The first-order chi connectivity index (χ1) is 8.10. The molecule has 1 aromatic rings. The maximum Gasteiger partial charge on any atom is 0.232 e. The van der Waals surface area contributed by atoms with Gasteiger partial charge in [-0.15, -0.1) is 0 Å². The minimum Gasteiger partial charge on any atom is -0.480 e. The van der Waals surface area contributed by atoms with Gasteiger partial charge >= 0.3 is 0 Å². The monoisotopic (exact) mass is 307 g/mol. The predicted molar refractivity (Wildman–Crippen MR) is 63.9 cm³/mol. The number of methoxy groups -OCH3 is 1. The number of hydrogen-bond acceptors (Lipinski definition) is 7. The van der Waals surface area contributed by atoms with E-state index in [0.717, 1.165) is 0 Å². The highest BCUT2D eigenvalue weighted by molar-refractivity contribution is 9.10. The lowest BCUT2D eigenvalue weighted by molar-refractivity contribution is 0.0827. The summed E-state index contributed by atoms with van der Waals surface area (Å²) in [6, 6.07) is 0. The van der Waals surface area contributed by atoms with Crippen LogP contribution in [0.4, 0.5) is 5.95 Å². The van der Waals surface area contributed by atoms with Gasteiger partial charge in [0, 0.05) is 0 Å². The summed E-state index contributed by atoms with van der Waals surface area (Å²) in [5.41, 5.74) is -1.27. The van der Waals surface area contributed by atoms with Crippen LogP contribution in [0.2, 0.25) is 0 Å². The van der Waals surface area contributed by atoms with E-state index in [0.29, 0.717) is 10.4 Å². The number of aromatic nitrogens is 2. The highest BCUT2D eigenvalue weighted by Gasteiger charge is 2.29. The molecule has 1 heterocycles. The van der Waals surface area contributed by atoms with Gasteiger partial charge in [-0.1, -0.05) is 0 Å². The lowest BCUT2D eigenvalue weighted by Gasteiger charge is -2.28. The lowest BCUT2D eigenvalue weighted by Crippen LogP contribution is -2.49. The zero-order valence-corrected chi connectivity index (χ0v) is 10.8. The number of aliphatic hydroxyl groups is 3. The van der Waals surface area contributed by atoms with Gasteiger partial charge in [-0.25, -0.2) is 4.98 Å². The van der Waals surface area contributed by atoms with Crippen LogP contribution in [0.3, 0.4) is 0 Å². The fraction of sp³-hybridized carbons (Fsp3) is 0.556. The smallest absolute Gasteiger partial charge is 0.232 e. The van der Waals surface area contributed by atoms with Crippen molar-refractivity contribution in [3.8, 4) is 5.88 Å². The summed E-state index contributed by atoms with van der Waals surface area (Å²) in [5.74, 6) is 0.451. The Hall–Kier alpha value is -0.960. The van der Waals surface area contributed by atoms with Gasteiger partial charge < -0.3 is 25.4 Å². The fourth-order valence-electron chi connectivity index (χ4n) is 1.06. The third kappa shape index (κ3) is 3.25. The second-order valence-corrected chi connectivity index (χ2v) is 4.28. The molecule has 0 radical (unpaired) electrons. The highest BCUT2D eigenvalue weighted by atomic mass is 79.9. The largest absolute Gasteiger partial charge is 0.480 e. The van der Waals surface area contributed by atoms with Gasteiger partial charge in [-0.05, 0) is 15.9 Å². The van der Waals surface area contributed by atoms with E-state index in [1.54, 1.807) is 0 Å². The van der Waals surface area contributed by atoms with Crippen LogP contribution in [-0.2, 0) is 0 Å². The molecule has 0 amide bonds. The Morgan fingerprint density at radius 1 is 1.35 bits per heavy atom. The average Bonchev–Trinajstić information content (AvgIpc) is 2.38. The minimum absolute atomic E-state index is 0.141. The Balaban J connectivity index is 2.94. The maximum absolute atomic E-state index is 9.14. The maximum atomic E-state index is 9.14. The molecule has 0 spiro atoms. The molecule has 96 valence electrons. The standard InChI is InChI=1S/C9H14BrN3O4/c1-17-7-6(10)2-11-8(12-7)13-9(3-14,4-15)5-16/h2,14-16H,3-5H2,1H3,(H,11,12,13). The molecule has 0 saturated heterocycles. The second kappa shape index (κ2) is 6.10. The Morgan fingerprint density at radius 2 is 1.94 bits per heavy atom. The zero-order valence-electron chi connectivity index (χ0n) is 9.22. The van der Waals surface area contributed by atoms with Crippen LogP contribution in [0.25, 0.3) is 0 Å². The first-order valence-electron chi connectivity index (χ1n) is 4.78. The average molecular weight is 308 g/mol. The summed E-state index contributed by atoms with van der Waals surface area (Å²) >= 11 is 3.20. The Kier molecular flexibility index (Phi) is 5.06. The first kappa shape index (κ1) is 14.1. The van der Waals surface area contributed by atoms with Crippen molar-refractivity contribution in [1.82, 2.24) is 9.97 Å². The van der Waals surface area contributed by atoms with Crippen LogP contribution in [-0.4, -0.2) is 57.8 Å². The quantitative estimate of drug-likeness (QED) is 0.554. The van der Waals surface area contributed by atoms with Crippen molar-refractivity contribution in [2.24, 2.45) is 0 Å². The number of ether oxygens (including phenoxy) is 1. The molecule has 8 heteroatoms. The number of nitrogens with zero attached hydrogens (tertiary/aromatic N) is 2. The van der Waals surface area contributed by atoms with Crippen molar-refractivity contribution in [2.45, 2.75) is 5.54 Å². The topological polar surface area (TPSA) is 108 Å². The van der Waals surface area contributed by atoms with Crippen molar-refractivity contribution in [1.29, 1.82) is 0 Å². The molecule has 0 aliphatic rings. The summed E-state index contributed by atoms with van der Waals surface area (Å²) in [6.45, 7) is -1.37. The molecule has 0 fully saturated rings. The van der Waals surface area contributed by atoms with E-state index in [-0.39, 0.29) is 5.95 Å². The summed E-state index contributed by atoms with van der Waals surface area (Å²) in [5, 5.41) is 30.1. The number of rotatable bonds is 6. The summed E-state index contributed by atoms with van der Waals surface area (Å²) < 4.78 is 5.55. The number of nitrogens with one attached hydrogen (secondary N) is 1. The molecule has 1 rings (SSSR count). The first-order valence-corrected chi connectivity index (χ1v) is 5.57. The molecule has 0 saturated carbocycles. The van der Waals surface area contributed by atoms with E-state index in [2.05, 4.69) is 31.2 Å². The zero-order chi connectivity index (χ0) is 12.9. The van der Waals surface area contributed by atoms with Gasteiger partial charge in [0.05, 0.1) is 37.6 Å². The van der Waals surface area contributed by atoms with Crippen molar-refractivity contribution in [2.75, 3.05) is 32.2 Å². The Morgan fingerprint density at radius 3 is 2.41 bits per heavy atom. The molecule has 0 aliphatic carbocycles. The summed E-state index contributed by atoms with van der Waals surface area (Å²) in [4.78, 5) is 7.93. The highest BCUT2D eigenvalue weighted by Crippen LogP contribution is 2.23. The number of halogens is 1. The van der Waals surface area contributed by atoms with Crippen molar-refractivity contribution >= 4 is 21.9 Å². The molecule has 0 aliphatic heterocycles. The van der Waals surface area contributed by atoms with Crippen LogP contribution < -0.4 is 10.1 Å². The molecule has 0 unspecified atom stereocenters. The molecule has 0 aromatic carbocycles. The molecule has 0 atom stereocenters. The third-order valence-corrected chi connectivity index (χ3v) is 2.73. The van der Waals surface area contributed by atoms with E-state index in [1.165, 1.54) is 13.3 Å². The van der Waals surface area contributed by atoms with Crippen molar-refractivity contribution in [3.05, 3.63) is 10.7 Å². The minimum atomic E-state index is -1.27. The van der Waals surface area contributed by atoms with Crippen LogP contribution >= 0.6 is 15.9 Å². The number of anilines is 1. The van der Waals surface area contributed by atoms with Gasteiger partial charge in [0.15, 0.2) is 0 Å². The van der Waals surface area contributed by atoms with E-state index >= 15 is 0 Å². The van der Waals surface area contributed by atoms with Gasteiger partial charge in [0.25, 0.3) is 0 Å².